The van der Waals surface area contributed by atoms with Crippen molar-refractivity contribution in [3.8, 4) is 0 Å². The molecule has 0 bridgehead atoms. The average Bonchev–Trinajstić information content (AvgIpc) is 2.44. The molecule has 0 aliphatic heterocycles. The summed E-state index contributed by atoms with van der Waals surface area (Å²) in [6.07, 6.45) is 1.89. The fourth-order valence-electron chi connectivity index (χ4n) is 2.21. The first kappa shape index (κ1) is 17.2. The lowest BCUT2D eigenvalue weighted by molar-refractivity contribution is 0.549. The standard InChI is InChI=1S/C16H27NO2S/c1-5-13(3)11-20(18,19)12-16(17-4)15-9-7-14(6-2)8-10-15/h7-10,13,16-17H,5-6,11-12H2,1-4H3. The van der Waals surface area contributed by atoms with Crippen LogP contribution in [0.2, 0.25) is 0 Å². The Morgan fingerprint density at radius 2 is 1.70 bits per heavy atom. The molecular formula is C16H27NO2S. The fraction of sp³-hybridized carbons (Fsp3) is 0.625. The number of hydrogen-bond acceptors (Lipinski definition) is 3. The normalized spacial score (nSPS) is 15.0. The molecule has 20 heavy (non-hydrogen) atoms. The zero-order chi connectivity index (χ0) is 15.2. The summed E-state index contributed by atoms with van der Waals surface area (Å²) in [6, 6.07) is 8.06. The average molecular weight is 297 g/mol. The number of benzene rings is 1. The number of sulfone groups is 1. The van der Waals surface area contributed by atoms with Crippen LogP contribution in [0.5, 0.6) is 0 Å². The minimum Gasteiger partial charge on any atom is -0.312 e. The second-order valence-corrected chi connectivity index (χ2v) is 7.68. The van der Waals surface area contributed by atoms with Crippen LogP contribution >= 0.6 is 0 Å². The maximum absolute atomic E-state index is 12.2. The van der Waals surface area contributed by atoms with E-state index in [0.717, 1.165) is 18.4 Å². The zero-order valence-corrected chi connectivity index (χ0v) is 13.8. The number of rotatable bonds is 8. The molecule has 0 amide bonds. The second kappa shape index (κ2) is 7.79. The van der Waals surface area contributed by atoms with Gasteiger partial charge in [0.25, 0.3) is 0 Å². The van der Waals surface area contributed by atoms with E-state index in [-0.39, 0.29) is 23.5 Å². The van der Waals surface area contributed by atoms with Gasteiger partial charge in [-0.25, -0.2) is 8.42 Å². The van der Waals surface area contributed by atoms with Gasteiger partial charge in [-0.1, -0.05) is 51.5 Å². The summed E-state index contributed by atoms with van der Waals surface area (Å²) in [5.41, 5.74) is 2.31. The maximum atomic E-state index is 12.2. The summed E-state index contributed by atoms with van der Waals surface area (Å²) < 4.78 is 24.5. The van der Waals surface area contributed by atoms with Crippen LogP contribution in [0.15, 0.2) is 24.3 Å². The monoisotopic (exact) mass is 297 g/mol. The summed E-state index contributed by atoms with van der Waals surface area (Å²) in [6.45, 7) is 6.13. The Balaban J connectivity index is 2.80. The fourth-order valence-corrected chi connectivity index (χ4v) is 4.31. The third-order valence-corrected chi connectivity index (χ3v) is 5.71. The van der Waals surface area contributed by atoms with Crippen molar-refractivity contribution < 1.29 is 8.42 Å². The summed E-state index contributed by atoms with van der Waals surface area (Å²) in [7, 11) is -1.21. The molecule has 2 unspecified atom stereocenters. The van der Waals surface area contributed by atoms with Crippen molar-refractivity contribution >= 4 is 9.84 Å². The molecule has 0 saturated carbocycles. The van der Waals surface area contributed by atoms with Gasteiger partial charge in [-0.3, -0.25) is 0 Å². The van der Waals surface area contributed by atoms with Crippen LogP contribution in [0.1, 0.15) is 44.4 Å². The van der Waals surface area contributed by atoms with Crippen LogP contribution in [0.4, 0.5) is 0 Å². The first-order chi connectivity index (χ1) is 9.41. The van der Waals surface area contributed by atoms with Crippen molar-refractivity contribution in [3.63, 3.8) is 0 Å². The molecule has 0 aromatic heterocycles. The lowest BCUT2D eigenvalue weighted by Crippen LogP contribution is -2.28. The molecule has 3 nitrogen and oxygen atoms in total. The van der Waals surface area contributed by atoms with Crippen LogP contribution in [0.3, 0.4) is 0 Å². The largest absolute Gasteiger partial charge is 0.312 e. The first-order valence-corrected chi connectivity index (χ1v) is 9.20. The van der Waals surface area contributed by atoms with Gasteiger partial charge < -0.3 is 5.32 Å². The first-order valence-electron chi connectivity index (χ1n) is 7.38. The molecule has 0 saturated heterocycles. The van der Waals surface area contributed by atoms with Gasteiger partial charge in [0.05, 0.1) is 11.5 Å². The van der Waals surface area contributed by atoms with Gasteiger partial charge in [0.15, 0.2) is 9.84 Å². The Morgan fingerprint density at radius 3 is 2.15 bits per heavy atom. The Kier molecular flexibility index (Phi) is 6.69. The highest BCUT2D eigenvalue weighted by Gasteiger charge is 2.21. The molecular weight excluding hydrogens is 270 g/mol. The smallest absolute Gasteiger partial charge is 0.152 e. The van der Waals surface area contributed by atoms with E-state index in [1.807, 2.05) is 33.0 Å². The Labute approximate surface area is 123 Å². The van der Waals surface area contributed by atoms with Gasteiger partial charge in [0, 0.05) is 6.04 Å². The molecule has 0 radical (unpaired) electrons. The quantitative estimate of drug-likeness (QED) is 0.802. The molecule has 0 heterocycles. The van der Waals surface area contributed by atoms with Crippen LogP contribution in [-0.4, -0.2) is 27.0 Å². The molecule has 1 rings (SSSR count). The molecule has 114 valence electrons. The van der Waals surface area contributed by atoms with Gasteiger partial charge in [-0.2, -0.15) is 0 Å². The minimum atomic E-state index is -3.03. The summed E-state index contributed by atoms with van der Waals surface area (Å²) in [5, 5.41) is 3.12. The predicted molar refractivity (Wildman–Crippen MR) is 85.7 cm³/mol. The highest BCUT2D eigenvalue weighted by molar-refractivity contribution is 7.91. The van der Waals surface area contributed by atoms with Crippen molar-refractivity contribution in [2.45, 2.75) is 39.7 Å². The molecule has 0 spiro atoms. The summed E-state index contributed by atoms with van der Waals surface area (Å²) >= 11 is 0. The lowest BCUT2D eigenvalue weighted by atomic mass is 10.1. The third-order valence-electron chi connectivity index (χ3n) is 3.79. The van der Waals surface area contributed by atoms with E-state index in [4.69, 9.17) is 0 Å². The molecule has 0 aliphatic rings. The Morgan fingerprint density at radius 1 is 1.10 bits per heavy atom. The van der Waals surface area contributed by atoms with E-state index in [1.165, 1.54) is 5.56 Å². The van der Waals surface area contributed by atoms with E-state index in [1.54, 1.807) is 0 Å². The van der Waals surface area contributed by atoms with Crippen LogP contribution in [-0.2, 0) is 16.3 Å². The summed E-state index contributed by atoms with van der Waals surface area (Å²) in [4.78, 5) is 0. The third kappa shape index (κ3) is 5.25. The molecule has 0 fully saturated rings. The number of hydrogen-bond donors (Lipinski definition) is 1. The van der Waals surface area contributed by atoms with Gasteiger partial charge in [0.2, 0.25) is 0 Å². The van der Waals surface area contributed by atoms with E-state index in [0.29, 0.717) is 0 Å². The topological polar surface area (TPSA) is 46.2 Å². The molecule has 0 aliphatic carbocycles. The Hall–Kier alpha value is -0.870. The van der Waals surface area contributed by atoms with Crippen LogP contribution < -0.4 is 5.32 Å². The van der Waals surface area contributed by atoms with E-state index in [2.05, 4.69) is 24.4 Å². The van der Waals surface area contributed by atoms with E-state index >= 15 is 0 Å². The molecule has 4 heteroatoms. The summed E-state index contributed by atoms with van der Waals surface area (Å²) in [5.74, 6) is 0.661. The van der Waals surface area contributed by atoms with Crippen molar-refractivity contribution in [3.05, 3.63) is 35.4 Å². The zero-order valence-electron chi connectivity index (χ0n) is 13.0. The van der Waals surface area contributed by atoms with Crippen LogP contribution in [0.25, 0.3) is 0 Å². The SMILES string of the molecule is CCc1ccc(C(CS(=O)(=O)CC(C)CC)NC)cc1. The van der Waals surface area contributed by atoms with Crippen molar-refractivity contribution in [2.24, 2.45) is 5.92 Å². The number of nitrogens with one attached hydrogen (secondary N) is 1. The maximum Gasteiger partial charge on any atom is 0.152 e. The molecule has 1 aromatic rings. The van der Waals surface area contributed by atoms with Crippen molar-refractivity contribution in [2.75, 3.05) is 18.6 Å². The molecule has 1 N–H and O–H groups in total. The second-order valence-electron chi connectivity index (χ2n) is 5.53. The van der Waals surface area contributed by atoms with Gasteiger partial charge in [-0.05, 0) is 30.5 Å². The van der Waals surface area contributed by atoms with Crippen molar-refractivity contribution in [1.82, 2.24) is 5.32 Å². The lowest BCUT2D eigenvalue weighted by Gasteiger charge is -2.18. The van der Waals surface area contributed by atoms with Gasteiger partial charge >= 0.3 is 0 Å². The number of aryl methyl sites for hydroxylation is 1. The predicted octanol–water partition coefficient (Wildman–Crippen LogP) is 2.97. The molecule has 1 aromatic carbocycles. The molecule has 2 atom stereocenters. The van der Waals surface area contributed by atoms with Gasteiger partial charge in [0.1, 0.15) is 0 Å². The Bertz CT molecular complexity index is 494. The minimum absolute atomic E-state index is 0.130. The highest BCUT2D eigenvalue weighted by atomic mass is 32.2. The van der Waals surface area contributed by atoms with Crippen molar-refractivity contribution in [1.29, 1.82) is 0 Å². The van der Waals surface area contributed by atoms with Crippen LogP contribution in [0, 0.1) is 5.92 Å². The van der Waals surface area contributed by atoms with E-state index in [9.17, 15) is 8.42 Å². The highest BCUT2D eigenvalue weighted by Crippen LogP contribution is 2.18. The van der Waals surface area contributed by atoms with E-state index < -0.39 is 9.84 Å². The van der Waals surface area contributed by atoms with Gasteiger partial charge in [-0.15, -0.1) is 0 Å².